The minimum Gasteiger partial charge on any atom is -0.227 e. The van der Waals surface area contributed by atoms with Crippen molar-refractivity contribution >= 4 is 42.4 Å². The van der Waals surface area contributed by atoms with E-state index in [1.54, 1.807) is 0 Å². The van der Waals surface area contributed by atoms with Crippen molar-refractivity contribution in [3.05, 3.63) is 146 Å². The lowest BCUT2D eigenvalue weighted by atomic mass is 9.97. The van der Waals surface area contributed by atoms with Crippen LogP contribution in [0.1, 0.15) is 0 Å². The van der Waals surface area contributed by atoms with Crippen molar-refractivity contribution in [2.75, 3.05) is 0 Å². The predicted molar refractivity (Wildman–Crippen MR) is 174 cm³/mol. The maximum atomic E-state index is 5.25. The molecule has 0 saturated heterocycles. The molecular weight excluding hydrogens is 516 g/mol. The Kier molecular flexibility index (Phi) is 5.68. The second kappa shape index (κ2) is 9.81. The lowest BCUT2D eigenvalue weighted by Crippen LogP contribution is -1.95. The molecule has 41 heavy (non-hydrogen) atoms. The van der Waals surface area contributed by atoms with E-state index in [9.17, 15) is 0 Å². The van der Waals surface area contributed by atoms with Gasteiger partial charge in [-0.2, -0.15) is 0 Å². The van der Waals surface area contributed by atoms with E-state index < -0.39 is 0 Å². The first-order valence-electron chi connectivity index (χ1n) is 13.8. The Labute approximate surface area is 242 Å². The molecule has 2 heterocycles. The maximum absolute atomic E-state index is 5.25. The standard InChI is InChI=1S/C38H24N2S/c1-3-11-25(12-4-1)27-15-9-16-28(23-27)29-17-10-18-30(24-29)38-39-35(26-13-5-2-6-14-26)33-22-21-32-31-19-7-8-20-34(31)41-37(32)36(33)40-38/h1-24H. The molecule has 0 bridgehead atoms. The van der Waals surface area contributed by atoms with Crippen LogP contribution in [0.5, 0.6) is 0 Å². The zero-order valence-corrected chi connectivity index (χ0v) is 23.0. The van der Waals surface area contributed by atoms with Crippen LogP contribution < -0.4 is 0 Å². The highest BCUT2D eigenvalue weighted by Crippen LogP contribution is 2.40. The van der Waals surface area contributed by atoms with Gasteiger partial charge in [0.25, 0.3) is 0 Å². The molecule has 0 N–H and O–H groups in total. The number of fused-ring (bicyclic) bond motifs is 5. The molecule has 8 aromatic rings. The number of thiophene rings is 1. The van der Waals surface area contributed by atoms with Crippen molar-refractivity contribution in [2.24, 2.45) is 0 Å². The molecule has 0 aliphatic heterocycles. The van der Waals surface area contributed by atoms with Gasteiger partial charge in [0.05, 0.1) is 15.9 Å². The van der Waals surface area contributed by atoms with Crippen molar-refractivity contribution < 1.29 is 0 Å². The molecule has 2 aromatic heterocycles. The van der Waals surface area contributed by atoms with E-state index in [4.69, 9.17) is 9.97 Å². The first kappa shape index (κ1) is 23.7. The molecular formula is C38H24N2S. The van der Waals surface area contributed by atoms with Gasteiger partial charge in [-0.25, -0.2) is 9.97 Å². The van der Waals surface area contributed by atoms with Crippen molar-refractivity contribution in [1.82, 2.24) is 9.97 Å². The van der Waals surface area contributed by atoms with E-state index in [-0.39, 0.29) is 0 Å². The third-order valence-electron chi connectivity index (χ3n) is 7.68. The van der Waals surface area contributed by atoms with Gasteiger partial charge in [0.2, 0.25) is 0 Å². The summed E-state index contributed by atoms with van der Waals surface area (Å²) in [5, 5.41) is 3.59. The number of hydrogen-bond acceptors (Lipinski definition) is 3. The maximum Gasteiger partial charge on any atom is 0.160 e. The fourth-order valence-corrected chi connectivity index (χ4v) is 6.86. The number of hydrogen-bond donors (Lipinski definition) is 0. The quantitative estimate of drug-likeness (QED) is 0.222. The van der Waals surface area contributed by atoms with Crippen LogP contribution >= 0.6 is 11.3 Å². The van der Waals surface area contributed by atoms with E-state index >= 15 is 0 Å². The first-order chi connectivity index (χ1) is 20.3. The molecule has 0 aliphatic carbocycles. The average molecular weight is 541 g/mol. The Morgan fingerprint density at radius 2 is 0.951 bits per heavy atom. The monoisotopic (exact) mass is 540 g/mol. The van der Waals surface area contributed by atoms with Gasteiger partial charge in [-0.05, 0) is 46.5 Å². The first-order valence-corrected chi connectivity index (χ1v) is 14.6. The molecule has 0 saturated carbocycles. The third kappa shape index (κ3) is 4.19. The van der Waals surface area contributed by atoms with Gasteiger partial charge in [0, 0.05) is 32.0 Å². The van der Waals surface area contributed by atoms with Crippen molar-refractivity contribution in [3.63, 3.8) is 0 Å². The summed E-state index contributed by atoms with van der Waals surface area (Å²) < 4.78 is 2.48. The van der Waals surface area contributed by atoms with Gasteiger partial charge in [-0.1, -0.05) is 121 Å². The summed E-state index contributed by atoms with van der Waals surface area (Å²) in [5.41, 5.74) is 8.79. The summed E-state index contributed by atoms with van der Waals surface area (Å²) in [6.07, 6.45) is 0. The lowest BCUT2D eigenvalue weighted by Gasteiger charge is -2.11. The van der Waals surface area contributed by atoms with E-state index in [1.165, 1.54) is 36.9 Å². The molecule has 0 aliphatic rings. The Balaban J connectivity index is 1.33. The van der Waals surface area contributed by atoms with E-state index in [0.29, 0.717) is 0 Å². The predicted octanol–water partition coefficient (Wildman–Crippen LogP) is 10.7. The molecule has 8 rings (SSSR count). The van der Waals surface area contributed by atoms with Crippen LogP contribution in [0.25, 0.3) is 76.0 Å². The van der Waals surface area contributed by atoms with Gasteiger partial charge in [-0.15, -0.1) is 11.3 Å². The van der Waals surface area contributed by atoms with E-state index in [1.807, 2.05) is 17.4 Å². The molecule has 192 valence electrons. The van der Waals surface area contributed by atoms with E-state index in [0.717, 1.165) is 39.1 Å². The van der Waals surface area contributed by atoms with Crippen LogP contribution in [-0.4, -0.2) is 9.97 Å². The zero-order valence-electron chi connectivity index (χ0n) is 22.2. The number of benzene rings is 6. The number of rotatable bonds is 4. The number of nitrogens with zero attached hydrogens (tertiary/aromatic N) is 2. The van der Waals surface area contributed by atoms with Crippen LogP contribution in [0.3, 0.4) is 0 Å². The summed E-state index contributed by atoms with van der Waals surface area (Å²) in [7, 11) is 0. The Bertz CT molecular complexity index is 2200. The molecule has 0 spiro atoms. The topological polar surface area (TPSA) is 25.8 Å². The SMILES string of the molecule is c1ccc(-c2cccc(-c3cccc(-c4nc(-c5ccccc5)c5ccc6c7ccccc7sc6c5n4)c3)c2)cc1. The average Bonchev–Trinajstić information content (AvgIpc) is 3.45. The van der Waals surface area contributed by atoms with Crippen molar-refractivity contribution in [1.29, 1.82) is 0 Å². The van der Waals surface area contributed by atoms with Crippen LogP contribution in [0.2, 0.25) is 0 Å². The molecule has 6 aromatic carbocycles. The molecule has 0 amide bonds. The van der Waals surface area contributed by atoms with Gasteiger partial charge < -0.3 is 0 Å². The smallest absolute Gasteiger partial charge is 0.160 e. The minimum atomic E-state index is 0.738. The number of aromatic nitrogens is 2. The summed E-state index contributed by atoms with van der Waals surface area (Å²) in [6, 6.07) is 51.3. The molecule has 0 fully saturated rings. The minimum absolute atomic E-state index is 0.738. The summed E-state index contributed by atoms with van der Waals surface area (Å²) in [6.45, 7) is 0. The van der Waals surface area contributed by atoms with Gasteiger partial charge in [-0.3, -0.25) is 0 Å². The van der Waals surface area contributed by atoms with Crippen LogP contribution in [-0.2, 0) is 0 Å². The summed E-state index contributed by atoms with van der Waals surface area (Å²) in [4.78, 5) is 10.4. The third-order valence-corrected chi connectivity index (χ3v) is 8.88. The Morgan fingerprint density at radius 3 is 1.71 bits per heavy atom. The molecule has 0 atom stereocenters. The molecule has 3 heteroatoms. The normalized spacial score (nSPS) is 11.4. The Hall–Kier alpha value is -5.12. The molecule has 0 radical (unpaired) electrons. The van der Waals surface area contributed by atoms with Gasteiger partial charge in [0.15, 0.2) is 5.82 Å². The van der Waals surface area contributed by atoms with Crippen molar-refractivity contribution in [3.8, 4) is 44.9 Å². The highest BCUT2D eigenvalue weighted by atomic mass is 32.1. The van der Waals surface area contributed by atoms with E-state index in [2.05, 4.69) is 140 Å². The van der Waals surface area contributed by atoms with Gasteiger partial charge in [0.1, 0.15) is 0 Å². The molecule has 0 unspecified atom stereocenters. The van der Waals surface area contributed by atoms with Crippen LogP contribution in [0, 0.1) is 0 Å². The zero-order chi connectivity index (χ0) is 27.2. The fourth-order valence-electron chi connectivity index (χ4n) is 5.67. The second-order valence-corrected chi connectivity index (χ2v) is 11.3. The van der Waals surface area contributed by atoms with Gasteiger partial charge >= 0.3 is 0 Å². The fraction of sp³-hybridized carbons (Fsp3) is 0. The highest BCUT2D eigenvalue weighted by molar-refractivity contribution is 7.26. The largest absolute Gasteiger partial charge is 0.227 e. The molecule has 2 nitrogen and oxygen atoms in total. The second-order valence-electron chi connectivity index (χ2n) is 10.2. The summed E-state index contributed by atoms with van der Waals surface area (Å²) in [5.74, 6) is 0.738. The summed E-state index contributed by atoms with van der Waals surface area (Å²) >= 11 is 1.81. The van der Waals surface area contributed by atoms with Crippen molar-refractivity contribution in [2.45, 2.75) is 0 Å². The van der Waals surface area contributed by atoms with Crippen LogP contribution in [0.4, 0.5) is 0 Å². The Morgan fingerprint density at radius 1 is 0.390 bits per heavy atom. The lowest BCUT2D eigenvalue weighted by molar-refractivity contribution is 1.23. The van der Waals surface area contributed by atoms with Crippen LogP contribution in [0.15, 0.2) is 146 Å². The highest BCUT2D eigenvalue weighted by Gasteiger charge is 2.16.